The average molecular weight is 310 g/mol. The van der Waals surface area contributed by atoms with Crippen LogP contribution in [0.25, 0.3) is 0 Å². The van der Waals surface area contributed by atoms with Crippen LogP contribution in [-0.2, 0) is 9.47 Å². The second-order valence-electron chi connectivity index (χ2n) is 5.98. The van der Waals surface area contributed by atoms with Crippen molar-refractivity contribution in [1.29, 1.82) is 0 Å². The summed E-state index contributed by atoms with van der Waals surface area (Å²) >= 11 is 0. The Hall–Kier alpha value is -1.53. The molecule has 0 unspecified atom stereocenters. The highest BCUT2D eigenvalue weighted by atomic mass is 16.5. The number of carbonyl (C=O) groups is 1. The highest BCUT2D eigenvalue weighted by Gasteiger charge is 2.33. The lowest BCUT2D eigenvalue weighted by Crippen LogP contribution is -2.55. The summed E-state index contributed by atoms with van der Waals surface area (Å²) in [5, 5.41) is 2.99. The SMILES string of the molecule is CC[C@]1(C)CN(C(=O)N[C@@H](COC)c2ccc(C)o2)CCO1. The number of nitrogens with zero attached hydrogens (tertiary/aromatic N) is 1. The van der Waals surface area contributed by atoms with Crippen LogP contribution in [0.15, 0.2) is 16.5 Å². The molecule has 0 aliphatic carbocycles. The number of carbonyl (C=O) groups excluding carboxylic acids is 1. The molecule has 2 atom stereocenters. The summed E-state index contributed by atoms with van der Waals surface area (Å²) in [6.45, 7) is 8.10. The van der Waals surface area contributed by atoms with Gasteiger partial charge in [-0.1, -0.05) is 6.92 Å². The molecule has 0 saturated carbocycles. The number of hydrogen-bond donors (Lipinski definition) is 1. The lowest BCUT2D eigenvalue weighted by molar-refractivity contribution is -0.0876. The molecule has 2 rings (SSSR count). The highest BCUT2D eigenvalue weighted by Crippen LogP contribution is 2.22. The third-order valence-electron chi connectivity index (χ3n) is 4.11. The number of urea groups is 1. The van der Waals surface area contributed by atoms with Crippen LogP contribution in [0.4, 0.5) is 4.79 Å². The average Bonchev–Trinajstić information content (AvgIpc) is 2.93. The molecule has 1 fully saturated rings. The molecule has 1 aromatic heterocycles. The monoisotopic (exact) mass is 310 g/mol. The van der Waals surface area contributed by atoms with Crippen molar-refractivity contribution < 1.29 is 18.7 Å². The number of nitrogens with one attached hydrogen (secondary N) is 1. The Morgan fingerprint density at radius 1 is 1.55 bits per heavy atom. The van der Waals surface area contributed by atoms with Crippen molar-refractivity contribution in [3.63, 3.8) is 0 Å². The van der Waals surface area contributed by atoms with E-state index < -0.39 is 0 Å². The molecule has 0 aromatic carbocycles. The van der Waals surface area contributed by atoms with Gasteiger partial charge in [-0.05, 0) is 32.4 Å². The molecule has 6 nitrogen and oxygen atoms in total. The topological polar surface area (TPSA) is 63.9 Å². The minimum Gasteiger partial charge on any atom is -0.464 e. The van der Waals surface area contributed by atoms with Gasteiger partial charge in [0.2, 0.25) is 0 Å². The molecule has 0 bridgehead atoms. The fraction of sp³-hybridized carbons (Fsp3) is 0.688. The summed E-state index contributed by atoms with van der Waals surface area (Å²) in [6.07, 6.45) is 0.871. The molecular weight excluding hydrogens is 284 g/mol. The molecule has 2 amide bonds. The van der Waals surface area contributed by atoms with Gasteiger partial charge < -0.3 is 24.1 Å². The fourth-order valence-electron chi connectivity index (χ4n) is 2.56. The molecule has 124 valence electrons. The maximum atomic E-state index is 12.5. The lowest BCUT2D eigenvalue weighted by atomic mass is 10.0. The molecule has 22 heavy (non-hydrogen) atoms. The van der Waals surface area contributed by atoms with Crippen LogP contribution in [-0.4, -0.2) is 49.9 Å². The zero-order valence-electron chi connectivity index (χ0n) is 13.8. The van der Waals surface area contributed by atoms with Crippen LogP contribution in [0.3, 0.4) is 0 Å². The summed E-state index contributed by atoms with van der Waals surface area (Å²) in [6, 6.07) is 3.35. The van der Waals surface area contributed by atoms with Gasteiger partial charge in [0.25, 0.3) is 0 Å². The van der Waals surface area contributed by atoms with E-state index in [9.17, 15) is 4.79 Å². The molecule has 6 heteroatoms. The van der Waals surface area contributed by atoms with E-state index in [-0.39, 0.29) is 17.7 Å². The minimum atomic E-state index is -0.290. The van der Waals surface area contributed by atoms with Gasteiger partial charge in [0.1, 0.15) is 17.6 Å². The summed E-state index contributed by atoms with van der Waals surface area (Å²) < 4.78 is 16.6. The van der Waals surface area contributed by atoms with Crippen LogP contribution in [0, 0.1) is 6.92 Å². The maximum absolute atomic E-state index is 12.5. The number of methoxy groups -OCH3 is 1. The van der Waals surface area contributed by atoms with E-state index in [1.165, 1.54) is 0 Å². The molecule has 1 aromatic rings. The summed E-state index contributed by atoms with van der Waals surface area (Å²) in [5.41, 5.74) is -0.270. The van der Waals surface area contributed by atoms with Gasteiger partial charge in [-0.25, -0.2) is 4.79 Å². The van der Waals surface area contributed by atoms with E-state index in [0.717, 1.165) is 12.2 Å². The minimum absolute atomic E-state index is 0.112. The first-order chi connectivity index (χ1) is 10.5. The highest BCUT2D eigenvalue weighted by molar-refractivity contribution is 5.74. The van der Waals surface area contributed by atoms with Crippen molar-refractivity contribution in [2.45, 2.75) is 38.8 Å². The molecule has 1 saturated heterocycles. The number of morpholine rings is 1. The molecular formula is C16H26N2O4. The van der Waals surface area contributed by atoms with Crippen LogP contribution >= 0.6 is 0 Å². The Morgan fingerprint density at radius 3 is 2.91 bits per heavy atom. The summed E-state index contributed by atoms with van der Waals surface area (Å²) in [5.74, 6) is 1.52. The maximum Gasteiger partial charge on any atom is 0.318 e. The van der Waals surface area contributed by atoms with E-state index >= 15 is 0 Å². The number of amides is 2. The van der Waals surface area contributed by atoms with E-state index in [2.05, 4.69) is 12.2 Å². The third kappa shape index (κ3) is 4.01. The predicted octanol–water partition coefficient (Wildman–Crippen LogP) is 2.49. The molecule has 1 N–H and O–H groups in total. The van der Waals surface area contributed by atoms with Crippen molar-refractivity contribution in [3.8, 4) is 0 Å². The van der Waals surface area contributed by atoms with Crippen molar-refractivity contribution >= 4 is 6.03 Å². The first-order valence-electron chi connectivity index (χ1n) is 7.72. The standard InChI is InChI=1S/C16H26N2O4/c1-5-16(3)11-18(8-9-21-16)15(19)17-13(10-20-4)14-7-6-12(2)22-14/h6-7,13H,5,8-11H2,1-4H3,(H,17,19)/t13-,16+/m0/s1. The second kappa shape index (κ2) is 7.15. The van der Waals surface area contributed by atoms with Crippen molar-refractivity contribution in [1.82, 2.24) is 10.2 Å². The lowest BCUT2D eigenvalue weighted by Gasteiger charge is -2.40. The molecule has 1 aliphatic heterocycles. The summed E-state index contributed by atoms with van der Waals surface area (Å²) in [4.78, 5) is 14.3. The third-order valence-corrected chi connectivity index (χ3v) is 4.11. The van der Waals surface area contributed by atoms with E-state index in [0.29, 0.717) is 32.1 Å². The van der Waals surface area contributed by atoms with E-state index in [1.54, 1.807) is 12.0 Å². The van der Waals surface area contributed by atoms with Crippen molar-refractivity contribution in [2.75, 3.05) is 33.4 Å². The molecule has 2 heterocycles. The van der Waals surface area contributed by atoms with E-state index in [1.807, 2.05) is 26.0 Å². The van der Waals surface area contributed by atoms with Crippen LogP contribution < -0.4 is 5.32 Å². The Kier molecular flexibility index (Phi) is 5.47. The number of hydrogen-bond acceptors (Lipinski definition) is 4. The molecule has 0 spiro atoms. The largest absolute Gasteiger partial charge is 0.464 e. The quantitative estimate of drug-likeness (QED) is 0.907. The predicted molar refractivity (Wildman–Crippen MR) is 82.8 cm³/mol. The van der Waals surface area contributed by atoms with Crippen LogP contribution in [0.2, 0.25) is 0 Å². The van der Waals surface area contributed by atoms with Gasteiger partial charge in [-0.3, -0.25) is 0 Å². The van der Waals surface area contributed by atoms with Gasteiger partial charge in [0.15, 0.2) is 0 Å². The Balaban J connectivity index is 2.01. The molecule has 0 radical (unpaired) electrons. The second-order valence-corrected chi connectivity index (χ2v) is 5.98. The smallest absolute Gasteiger partial charge is 0.318 e. The Bertz CT molecular complexity index is 502. The number of aryl methyl sites for hydroxylation is 1. The van der Waals surface area contributed by atoms with Crippen molar-refractivity contribution in [2.24, 2.45) is 0 Å². The zero-order chi connectivity index (χ0) is 16.2. The van der Waals surface area contributed by atoms with Gasteiger partial charge in [-0.15, -0.1) is 0 Å². The van der Waals surface area contributed by atoms with Gasteiger partial charge in [-0.2, -0.15) is 0 Å². The number of rotatable bonds is 5. The van der Waals surface area contributed by atoms with Crippen LogP contribution in [0.1, 0.15) is 37.8 Å². The summed E-state index contributed by atoms with van der Waals surface area (Å²) in [7, 11) is 1.61. The number of ether oxygens (including phenoxy) is 2. The first kappa shape index (κ1) is 16.8. The Labute approximate surface area is 131 Å². The molecule has 1 aliphatic rings. The van der Waals surface area contributed by atoms with Gasteiger partial charge in [0.05, 0.1) is 25.4 Å². The Morgan fingerprint density at radius 2 is 2.32 bits per heavy atom. The normalized spacial score (nSPS) is 23.4. The number of furan rings is 1. The van der Waals surface area contributed by atoms with Gasteiger partial charge in [0, 0.05) is 13.7 Å². The van der Waals surface area contributed by atoms with Gasteiger partial charge >= 0.3 is 6.03 Å². The van der Waals surface area contributed by atoms with Crippen molar-refractivity contribution in [3.05, 3.63) is 23.7 Å². The van der Waals surface area contributed by atoms with E-state index in [4.69, 9.17) is 13.9 Å². The first-order valence-corrected chi connectivity index (χ1v) is 7.72. The van der Waals surface area contributed by atoms with Crippen LogP contribution in [0.5, 0.6) is 0 Å². The zero-order valence-corrected chi connectivity index (χ0v) is 13.8. The fourth-order valence-corrected chi connectivity index (χ4v) is 2.56.